The normalized spacial score (nSPS) is 10.9. The lowest BCUT2D eigenvalue weighted by atomic mass is 10.4. The average Bonchev–Trinajstić information content (AvgIpc) is 2.77. The first kappa shape index (κ1) is 11.8. The number of hydrogen-bond donors (Lipinski definition) is 1. The van der Waals surface area contributed by atoms with Crippen LogP contribution in [0.5, 0.6) is 0 Å². The fraction of sp³-hybridized carbons (Fsp3) is 0.545. The molecule has 0 radical (unpaired) electrons. The van der Waals surface area contributed by atoms with E-state index in [2.05, 4.69) is 20.6 Å². The van der Waals surface area contributed by atoms with Gasteiger partial charge in [0.2, 0.25) is 0 Å². The van der Waals surface area contributed by atoms with Crippen LogP contribution in [0.3, 0.4) is 0 Å². The topological polar surface area (TPSA) is 64.3 Å². The number of fused-ring (bicyclic) bond motifs is 1. The van der Waals surface area contributed by atoms with Crippen LogP contribution >= 0.6 is 0 Å². The first-order valence-corrected chi connectivity index (χ1v) is 5.79. The van der Waals surface area contributed by atoms with E-state index in [1.54, 1.807) is 11.6 Å². The number of methoxy groups -OCH3 is 1. The number of hydrogen-bond acceptors (Lipinski definition) is 5. The Balaban J connectivity index is 2.07. The summed E-state index contributed by atoms with van der Waals surface area (Å²) in [4.78, 5) is 0. The number of nitrogens with zero attached hydrogens (tertiary/aromatic N) is 4. The van der Waals surface area contributed by atoms with Gasteiger partial charge in [-0.05, 0) is 18.6 Å². The van der Waals surface area contributed by atoms with Crippen molar-refractivity contribution in [2.75, 3.05) is 25.6 Å². The van der Waals surface area contributed by atoms with Crippen molar-refractivity contribution in [3.05, 3.63) is 18.0 Å². The van der Waals surface area contributed by atoms with Gasteiger partial charge in [-0.2, -0.15) is 4.52 Å². The number of aromatic nitrogens is 4. The van der Waals surface area contributed by atoms with E-state index in [1.807, 2.05) is 19.1 Å². The highest BCUT2D eigenvalue weighted by Gasteiger charge is 2.04. The third kappa shape index (κ3) is 2.71. The largest absolute Gasteiger partial charge is 0.385 e. The van der Waals surface area contributed by atoms with Crippen LogP contribution < -0.4 is 5.32 Å². The van der Waals surface area contributed by atoms with Crippen molar-refractivity contribution in [1.29, 1.82) is 0 Å². The highest BCUT2D eigenvalue weighted by molar-refractivity contribution is 5.43. The molecule has 0 saturated carbocycles. The van der Waals surface area contributed by atoms with Crippen molar-refractivity contribution >= 4 is 11.5 Å². The van der Waals surface area contributed by atoms with Crippen molar-refractivity contribution < 1.29 is 4.74 Å². The summed E-state index contributed by atoms with van der Waals surface area (Å²) in [5.74, 6) is 1.71. The molecule has 92 valence electrons. The summed E-state index contributed by atoms with van der Waals surface area (Å²) in [6.45, 7) is 3.63. The third-order valence-electron chi connectivity index (χ3n) is 2.47. The van der Waals surface area contributed by atoms with Crippen molar-refractivity contribution in [2.45, 2.75) is 19.8 Å². The predicted octanol–water partition coefficient (Wildman–Crippen LogP) is 1.14. The quantitative estimate of drug-likeness (QED) is 0.760. The molecule has 0 bridgehead atoms. The van der Waals surface area contributed by atoms with Gasteiger partial charge in [-0.1, -0.05) is 6.92 Å². The molecule has 0 saturated heterocycles. The molecule has 0 atom stereocenters. The van der Waals surface area contributed by atoms with Gasteiger partial charge >= 0.3 is 0 Å². The average molecular weight is 235 g/mol. The maximum Gasteiger partial charge on any atom is 0.178 e. The second-order valence-electron chi connectivity index (χ2n) is 3.73. The van der Waals surface area contributed by atoms with E-state index < -0.39 is 0 Å². The van der Waals surface area contributed by atoms with E-state index >= 15 is 0 Å². The van der Waals surface area contributed by atoms with Gasteiger partial charge in [0.1, 0.15) is 5.82 Å². The number of aryl methyl sites for hydroxylation is 1. The summed E-state index contributed by atoms with van der Waals surface area (Å²) in [7, 11) is 1.70. The van der Waals surface area contributed by atoms with Gasteiger partial charge in [0.05, 0.1) is 0 Å². The molecule has 17 heavy (non-hydrogen) atoms. The number of nitrogens with one attached hydrogen (secondary N) is 1. The molecule has 0 spiro atoms. The van der Waals surface area contributed by atoms with Crippen molar-refractivity contribution in [3.8, 4) is 0 Å². The lowest BCUT2D eigenvalue weighted by Crippen LogP contribution is -2.08. The minimum absolute atomic E-state index is 0.752. The van der Waals surface area contributed by atoms with Gasteiger partial charge in [-0.15, -0.1) is 15.3 Å². The molecule has 0 aliphatic rings. The zero-order valence-corrected chi connectivity index (χ0v) is 10.2. The molecule has 1 N–H and O–H groups in total. The minimum atomic E-state index is 0.752. The Kier molecular flexibility index (Phi) is 3.87. The van der Waals surface area contributed by atoms with Crippen LogP contribution in [0.1, 0.15) is 19.2 Å². The summed E-state index contributed by atoms with van der Waals surface area (Å²) < 4.78 is 6.76. The Morgan fingerprint density at radius 3 is 3.00 bits per heavy atom. The van der Waals surface area contributed by atoms with Crippen LogP contribution in [-0.4, -0.2) is 40.1 Å². The van der Waals surface area contributed by atoms with Crippen LogP contribution in [-0.2, 0) is 11.2 Å². The highest BCUT2D eigenvalue weighted by atomic mass is 16.5. The van der Waals surface area contributed by atoms with Crippen LogP contribution in [0, 0.1) is 0 Å². The van der Waals surface area contributed by atoms with Crippen LogP contribution in [0.2, 0.25) is 0 Å². The van der Waals surface area contributed by atoms with Crippen LogP contribution in [0.4, 0.5) is 5.82 Å². The van der Waals surface area contributed by atoms with E-state index in [9.17, 15) is 0 Å². The first-order chi connectivity index (χ1) is 8.35. The van der Waals surface area contributed by atoms with E-state index in [4.69, 9.17) is 4.74 Å². The SMILES string of the molecule is CCc1nnc2ccc(NCCCOC)nn12. The zero-order chi connectivity index (χ0) is 12.1. The van der Waals surface area contributed by atoms with Crippen molar-refractivity contribution in [2.24, 2.45) is 0 Å². The van der Waals surface area contributed by atoms with E-state index in [0.29, 0.717) is 0 Å². The Morgan fingerprint density at radius 2 is 2.24 bits per heavy atom. The molecule has 0 unspecified atom stereocenters. The second kappa shape index (κ2) is 5.58. The molecule has 6 heteroatoms. The molecular formula is C11H17N5O. The molecule has 0 aliphatic carbocycles. The van der Waals surface area contributed by atoms with Crippen molar-refractivity contribution in [1.82, 2.24) is 19.8 Å². The van der Waals surface area contributed by atoms with Crippen LogP contribution in [0.15, 0.2) is 12.1 Å². The maximum absolute atomic E-state index is 4.99. The van der Waals surface area contributed by atoms with Gasteiger partial charge in [-0.25, -0.2) is 0 Å². The van der Waals surface area contributed by atoms with E-state index in [-0.39, 0.29) is 0 Å². The van der Waals surface area contributed by atoms with Crippen molar-refractivity contribution in [3.63, 3.8) is 0 Å². The van der Waals surface area contributed by atoms with Gasteiger partial charge in [0, 0.05) is 26.7 Å². The Hall–Kier alpha value is -1.69. The lowest BCUT2D eigenvalue weighted by Gasteiger charge is -2.05. The maximum atomic E-state index is 4.99. The summed E-state index contributed by atoms with van der Waals surface area (Å²) >= 11 is 0. The smallest absolute Gasteiger partial charge is 0.178 e. The number of rotatable bonds is 6. The highest BCUT2D eigenvalue weighted by Crippen LogP contribution is 2.07. The van der Waals surface area contributed by atoms with Gasteiger partial charge in [-0.3, -0.25) is 0 Å². The number of anilines is 1. The van der Waals surface area contributed by atoms with E-state index in [1.165, 1.54) is 0 Å². The fourth-order valence-electron chi connectivity index (χ4n) is 1.58. The van der Waals surface area contributed by atoms with E-state index in [0.717, 1.165) is 43.3 Å². The third-order valence-corrected chi connectivity index (χ3v) is 2.47. The van der Waals surface area contributed by atoms with Gasteiger partial charge in [0.15, 0.2) is 11.5 Å². The molecule has 0 fully saturated rings. The zero-order valence-electron chi connectivity index (χ0n) is 10.2. The summed E-state index contributed by atoms with van der Waals surface area (Å²) in [5, 5.41) is 15.8. The number of ether oxygens (including phenoxy) is 1. The summed E-state index contributed by atoms with van der Waals surface area (Å²) in [5.41, 5.74) is 0.782. The molecule has 2 rings (SSSR count). The minimum Gasteiger partial charge on any atom is -0.385 e. The fourth-order valence-corrected chi connectivity index (χ4v) is 1.58. The Labute approximate surface area is 100.0 Å². The molecule has 2 heterocycles. The molecule has 0 aliphatic heterocycles. The Bertz CT molecular complexity index is 482. The standard InChI is InChI=1S/C11H17N5O/c1-3-10-13-14-11-6-5-9(15-16(10)11)12-7-4-8-17-2/h5-6H,3-4,7-8H2,1-2H3,(H,12,15). The summed E-state index contributed by atoms with van der Waals surface area (Å²) in [6, 6.07) is 3.83. The van der Waals surface area contributed by atoms with Crippen LogP contribution in [0.25, 0.3) is 5.65 Å². The summed E-state index contributed by atoms with van der Waals surface area (Å²) in [6.07, 6.45) is 1.78. The lowest BCUT2D eigenvalue weighted by molar-refractivity contribution is 0.197. The second-order valence-corrected chi connectivity index (χ2v) is 3.73. The molecule has 2 aromatic heterocycles. The molecule has 6 nitrogen and oxygen atoms in total. The molecular weight excluding hydrogens is 218 g/mol. The Morgan fingerprint density at radius 1 is 1.35 bits per heavy atom. The van der Waals surface area contributed by atoms with Gasteiger partial charge < -0.3 is 10.1 Å². The molecule has 0 amide bonds. The monoisotopic (exact) mass is 235 g/mol. The molecule has 0 aromatic carbocycles. The molecule has 2 aromatic rings. The van der Waals surface area contributed by atoms with Gasteiger partial charge in [0.25, 0.3) is 0 Å². The first-order valence-electron chi connectivity index (χ1n) is 5.79. The predicted molar refractivity (Wildman–Crippen MR) is 65.1 cm³/mol.